The van der Waals surface area contributed by atoms with Crippen molar-refractivity contribution in [2.24, 2.45) is 5.41 Å². The first-order valence-corrected chi connectivity index (χ1v) is 5.65. The molecule has 0 N–H and O–H groups in total. The van der Waals surface area contributed by atoms with Gasteiger partial charge in [-0.3, -0.25) is 0 Å². The Morgan fingerprint density at radius 1 is 1.33 bits per heavy atom. The van der Waals surface area contributed by atoms with Crippen molar-refractivity contribution in [2.75, 3.05) is 19.0 Å². The van der Waals surface area contributed by atoms with E-state index in [0.29, 0.717) is 5.41 Å². The maximum atomic E-state index is 5.61. The van der Waals surface area contributed by atoms with Crippen molar-refractivity contribution in [1.82, 2.24) is 0 Å². The SMILES string of the molecule is CCCOCC1(CS)CCCC1. The van der Waals surface area contributed by atoms with Crippen LogP contribution in [0.1, 0.15) is 39.0 Å². The van der Waals surface area contributed by atoms with Crippen LogP contribution in [0, 0.1) is 5.41 Å². The lowest BCUT2D eigenvalue weighted by Gasteiger charge is -2.26. The summed E-state index contributed by atoms with van der Waals surface area (Å²) < 4.78 is 5.61. The molecule has 0 spiro atoms. The Hall–Kier alpha value is 0.310. The van der Waals surface area contributed by atoms with Crippen molar-refractivity contribution in [3.05, 3.63) is 0 Å². The van der Waals surface area contributed by atoms with Gasteiger partial charge in [0, 0.05) is 12.0 Å². The van der Waals surface area contributed by atoms with Crippen LogP contribution >= 0.6 is 12.6 Å². The molecule has 2 heteroatoms. The highest BCUT2D eigenvalue weighted by Gasteiger charge is 2.32. The molecule has 1 aliphatic carbocycles. The van der Waals surface area contributed by atoms with Crippen LogP contribution < -0.4 is 0 Å². The largest absolute Gasteiger partial charge is 0.381 e. The molecule has 1 rings (SSSR count). The van der Waals surface area contributed by atoms with Crippen LogP contribution in [-0.4, -0.2) is 19.0 Å². The van der Waals surface area contributed by atoms with Gasteiger partial charge in [0.15, 0.2) is 0 Å². The predicted octanol–water partition coefficient (Wildman–Crippen LogP) is 2.90. The van der Waals surface area contributed by atoms with Crippen LogP contribution in [0.15, 0.2) is 0 Å². The normalized spacial score (nSPS) is 21.5. The van der Waals surface area contributed by atoms with Crippen molar-refractivity contribution >= 4 is 12.6 Å². The monoisotopic (exact) mass is 188 g/mol. The maximum Gasteiger partial charge on any atom is 0.0530 e. The minimum absolute atomic E-state index is 0.429. The average molecular weight is 188 g/mol. The fourth-order valence-corrected chi connectivity index (χ4v) is 2.31. The third kappa shape index (κ3) is 2.67. The van der Waals surface area contributed by atoms with E-state index in [4.69, 9.17) is 4.74 Å². The lowest BCUT2D eigenvalue weighted by Crippen LogP contribution is -2.25. The molecule has 72 valence electrons. The van der Waals surface area contributed by atoms with E-state index in [-0.39, 0.29) is 0 Å². The van der Waals surface area contributed by atoms with Gasteiger partial charge in [-0.1, -0.05) is 19.8 Å². The van der Waals surface area contributed by atoms with Crippen molar-refractivity contribution in [2.45, 2.75) is 39.0 Å². The van der Waals surface area contributed by atoms with Gasteiger partial charge in [-0.25, -0.2) is 0 Å². The number of thiol groups is 1. The van der Waals surface area contributed by atoms with Crippen molar-refractivity contribution in [3.8, 4) is 0 Å². The molecule has 1 fully saturated rings. The summed E-state index contributed by atoms with van der Waals surface area (Å²) in [4.78, 5) is 0. The van der Waals surface area contributed by atoms with Gasteiger partial charge in [0.25, 0.3) is 0 Å². The zero-order valence-electron chi connectivity index (χ0n) is 8.01. The quantitative estimate of drug-likeness (QED) is 0.515. The highest BCUT2D eigenvalue weighted by Crippen LogP contribution is 2.39. The molecule has 0 aromatic rings. The van der Waals surface area contributed by atoms with E-state index in [0.717, 1.165) is 25.4 Å². The van der Waals surface area contributed by atoms with Gasteiger partial charge in [0.2, 0.25) is 0 Å². The molecule has 12 heavy (non-hydrogen) atoms. The lowest BCUT2D eigenvalue weighted by atomic mass is 9.90. The molecule has 0 aromatic heterocycles. The second kappa shape index (κ2) is 5.13. The maximum absolute atomic E-state index is 5.61. The molecule has 0 radical (unpaired) electrons. The van der Waals surface area contributed by atoms with Crippen LogP contribution in [0.3, 0.4) is 0 Å². The Kier molecular flexibility index (Phi) is 4.44. The number of hydrogen-bond donors (Lipinski definition) is 1. The first kappa shape index (κ1) is 10.4. The Morgan fingerprint density at radius 3 is 2.50 bits per heavy atom. The molecule has 0 aliphatic heterocycles. The lowest BCUT2D eigenvalue weighted by molar-refractivity contribution is 0.0595. The molecule has 0 aromatic carbocycles. The van der Waals surface area contributed by atoms with E-state index in [1.807, 2.05) is 0 Å². The topological polar surface area (TPSA) is 9.23 Å². The fourth-order valence-electron chi connectivity index (χ4n) is 1.91. The van der Waals surface area contributed by atoms with Gasteiger partial charge in [0.05, 0.1) is 6.61 Å². The van der Waals surface area contributed by atoms with Crippen LogP contribution in [0.5, 0.6) is 0 Å². The van der Waals surface area contributed by atoms with E-state index in [9.17, 15) is 0 Å². The van der Waals surface area contributed by atoms with E-state index in [2.05, 4.69) is 19.6 Å². The van der Waals surface area contributed by atoms with E-state index >= 15 is 0 Å². The predicted molar refractivity (Wildman–Crippen MR) is 55.9 cm³/mol. The van der Waals surface area contributed by atoms with Gasteiger partial charge in [0.1, 0.15) is 0 Å². The summed E-state index contributed by atoms with van der Waals surface area (Å²) in [5.74, 6) is 0.997. The van der Waals surface area contributed by atoms with Gasteiger partial charge in [-0.05, 0) is 25.0 Å². The summed E-state index contributed by atoms with van der Waals surface area (Å²) in [5.41, 5.74) is 0.429. The summed E-state index contributed by atoms with van der Waals surface area (Å²) >= 11 is 4.42. The zero-order chi connectivity index (χ0) is 8.86. The molecule has 1 aliphatic rings. The van der Waals surface area contributed by atoms with Crippen LogP contribution in [-0.2, 0) is 4.74 Å². The summed E-state index contributed by atoms with van der Waals surface area (Å²) in [6.45, 7) is 4.00. The van der Waals surface area contributed by atoms with Crippen molar-refractivity contribution < 1.29 is 4.74 Å². The first-order chi connectivity index (χ1) is 5.83. The fraction of sp³-hybridized carbons (Fsp3) is 1.00. The summed E-state index contributed by atoms with van der Waals surface area (Å²) in [6, 6.07) is 0. The zero-order valence-corrected chi connectivity index (χ0v) is 8.91. The molecule has 1 nitrogen and oxygen atoms in total. The van der Waals surface area contributed by atoms with E-state index < -0.39 is 0 Å². The highest BCUT2D eigenvalue weighted by atomic mass is 32.1. The first-order valence-electron chi connectivity index (χ1n) is 5.01. The second-order valence-corrected chi connectivity index (χ2v) is 4.23. The van der Waals surface area contributed by atoms with E-state index in [1.54, 1.807) is 0 Å². The minimum Gasteiger partial charge on any atom is -0.381 e. The molecule has 0 unspecified atom stereocenters. The number of hydrogen-bond acceptors (Lipinski definition) is 2. The Bertz CT molecular complexity index is 119. The van der Waals surface area contributed by atoms with Gasteiger partial charge in [-0.15, -0.1) is 0 Å². The number of rotatable bonds is 5. The molecule has 0 saturated heterocycles. The third-order valence-electron chi connectivity index (χ3n) is 2.76. The molecule has 0 amide bonds. The Morgan fingerprint density at radius 2 is 2.00 bits per heavy atom. The molecular formula is C10H20OS. The van der Waals surface area contributed by atoms with Gasteiger partial charge in [-0.2, -0.15) is 12.6 Å². The van der Waals surface area contributed by atoms with Gasteiger partial charge >= 0.3 is 0 Å². The van der Waals surface area contributed by atoms with Crippen LogP contribution in [0.4, 0.5) is 0 Å². The van der Waals surface area contributed by atoms with Gasteiger partial charge < -0.3 is 4.74 Å². The number of ether oxygens (including phenoxy) is 1. The summed E-state index contributed by atoms with van der Waals surface area (Å²) in [7, 11) is 0. The highest BCUT2D eigenvalue weighted by molar-refractivity contribution is 7.80. The second-order valence-electron chi connectivity index (χ2n) is 3.92. The molecule has 1 saturated carbocycles. The van der Waals surface area contributed by atoms with Crippen molar-refractivity contribution in [3.63, 3.8) is 0 Å². The molecule has 0 heterocycles. The average Bonchev–Trinajstić information content (AvgIpc) is 2.55. The third-order valence-corrected chi connectivity index (χ3v) is 3.43. The van der Waals surface area contributed by atoms with Crippen LogP contribution in [0.2, 0.25) is 0 Å². The molecule has 0 bridgehead atoms. The van der Waals surface area contributed by atoms with E-state index in [1.165, 1.54) is 25.7 Å². The molecule has 0 atom stereocenters. The van der Waals surface area contributed by atoms with Crippen LogP contribution in [0.25, 0.3) is 0 Å². The summed E-state index contributed by atoms with van der Waals surface area (Å²) in [5, 5.41) is 0. The standard InChI is InChI=1S/C10H20OS/c1-2-7-11-8-10(9-12)5-3-4-6-10/h12H,2-9H2,1H3. The van der Waals surface area contributed by atoms with Crippen molar-refractivity contribution in [1.29, 1.82) is 0 Å². The minimum atomic E-state index is 0.429. The Labute approximate surface area is 81.3 Å². The molecular weight excluding hydrogens is 168 g/mol. The smallest absolute Gasteiger partial charge is 0.0530 e. The summed E-state index contributed by atoms with van der Waals surface area (Å²) in [6.07, 6.45) is 6.51. The Balaban J connectivity index is 2.24.